The minimum Gasteiger partial charge on any atom is -0.491 e. The number of aromatic nitrogens is 1. The van der Waals surface area contributed by atoms with Crippen molar-refractivity contribution >= 4 is 50.4 Å². The summed E-state index contributed by atoms with van der Waals surface area (Å²) in [5.74, 6) is -0.0389. The Morgan fingerprint density at radius 1 is 1.17 bits per heavy atom. The fourth-order valence-electron chi connectivity index (χ4n) is 6.84. The second kappa shape index (κ2) is 15.1. The number of amides is 2. The second-order valence-electron chi connectivity index (χ2n) is 13.1. The molecule has 48 heavy (non-hydrogen) atoms. The maximum atomic E-state index is 14.4. The number of allylic oxidation sites excluding steroid dienone is 1. The number of nitrogens with zero attached hydrogens (tertiary/aromatic N) is 3. The van der Waals surface area contributed by atoms with E-state index < -0.39 is 21.7 Å². The molecular weight excluding hydrogens is 668 g/mol. The van der Waals surface area contributed by atoms with Crippen LogP contribution in [0.5, 0.6) is 5.75 Å². The predicted molar refractivity (Wildman–Crippen MR) is 191 cm³/mol. The van der Waals surface area contributed by atoms with Gasteiger partial charge < -0.3 is 14.4 Å². The lowest BCUT2D eigenvalue weighted by atomic mass is 9.70. The van der Waals surface area contributed by atoms with E-state index in [-0.39, 0.29) is 29.0 Å². The van der Waals surface area contributed by atoms with E-state index in [0.717, 1.165) is 44.3 Å². The molecule has 6 rings (SSSR count). The van der Waals surface area contributed by atoms with Crippen molar-refractivity contribution < 1.29 is 23.3 Å². The number of nitrogens with one attached hydrogen (secondary N) is 1. The van der Waals surface area contributed by atoms with Gasteiger partial charge in [-0.25, -0.2) is 9.19 Å². The molecule has 5 atom stereocenters. The Labute approximate surface area is 292 Å². The molecule has 0 saturated heterocycles. The molecule has 2 bridgehead atoms. The third-order valence-electron chi connectivity index (χ3n) is 9.51. The van der Waals surface area contributed by atoms with Crippen molar-refractivity contribution in [2.75, 3.05) is 30.9 Å². The van der Waals surface area contributed by atoms with E-state index in [9.17, 15) is 13.8 Å². The molecule has 2 aromatic carbocycles. The fraction of sp³-hybridized carbons (Fsp3) is 0.472. The van der Waals surface area contributed by atoms with Gasteiger partial charge in [0.05, 0.1) is 29.2 Å². The van der Waals surface area contributed by atoms with Crippen LogP contribution in [-0.4, -0.2) is 53.1 Å². The average Bonchev–Trinajstić information content (AvgIpc) is 3.47. The molecule has 1 saturated carbocycles. The van der Waals surface area contributed by atoms with Crippen LogP contribution in [0.3, 0.4) is 0 Å². The van der Waals surface area contributed by atoms with Crippen LogP contribution in [-0.2, 0) is 27.6 Å². The number of ether oxygens (including phenoxy) is 2. The van der Waals surface area contributed by atoms with Gasteiger partial charge in [0.15, 0.2) is 0 Å². The molecule has 2 aliphatic heterocycles. The zero-order valence-corrected chi connectivity index (χ0v) is 30.0. The number of aryl methyl sites for hydroxylation is 2. The first-order valence-corrected chi connectivity index (χ1v) is 19.6. The van der Waals surface area contributed by atoms with Crippen LogP contribution >= 0.6 is 22.9 Å². The van der Waals surface area contributed by atoms with Crippen molar-refractivity contribution in [3.8, 4) is 5.75 Å². The molecule has 256 valence electrons. The lowest BCUT2D eigenvalue weighted by Crippen LogP contribution is -2.43. The number of carbonyl (C=O) groups excluding carboxylic acids is 2. The molecule has 3 heterocycles. The Hall–Kier alpha value is -3.25. The Bertz CT molecular complexity index is 1820. The number of methoxy groups -OCH3 is 1. The van der Waals surface area contributed by atoms with Crippen molar-refractivity contribution in [2.24, 2.45) is 22.1 Å². The van der Waals surface area contributed by atoms with Gasteiger partial charge in [-0.3, -0.25) is 14.3 Å². The molecule has 12 heteroatoms. The molecule has 2 amide bonds. The van der Waals surface area contributed by atoms with Gasteiger partial charge in [-0.2, -0.15) is 0 Å². The summed E-state index contributed by atoms with van der Waals surface area (Å²) in [7, 11) is -1.77. The highest BCUT2D eigenvalue weighted by Crippen LogP contribution is 2.42. The molecule has 1 aromatic heterocycles. The molecule has 3 aliphatic rings. The quantitative estimate of drug-likeness (QED) is 0.282. The van der Waals surface area contributed by atoms with E-state index in [4.69, 9.17) is 21.1 Å². The summed E-state index contributed by atoms with van der Waals surface area (Å²) in [6.07, 6.45) is 9.55. The summed E-state index contributed by atoms with van der Waals surface area (Å²) < 4.78 is 33.6. The van der Waals surface area contributed by atoms with Gasteiger partial charge >= 0.3 is 0 Å². The summed E-state index contributed by atoms with van der Waals surface area (Å²) in [4.78, 5) is 33.6. The number of rotatable bonds is 3. The third-order valence-corrected chi connectivity index (χ3v) is 12.5. The topological polar surface area (TPSA) is 110 Å². The lowest BCUT2D eigenvalue weighted by molar-refractivity contribution is 0.0133. The molecule has 1 N–H and O–H groups in total. The van der Waals surface area contributed by atoms with Crippen molar-refractivity contribution in [2.45, 2.75) is 65.0 Å². The van der Waals surface area contributed by atoms with Gasteiger partial charge in [-0.05, 0) is 105 Å². The molecular formula is C36H43ClN4O5S2. The standard InChI is InChI=1S/C36H43ClN4O5S2/c1-23-7-6-9-33(45-3)30-14-11-28(30)20-41-19-27-10-13-29(37)17-25(27)8-4-5-16-46-34-15-12-26(18-32(34)41)35(42)39-48(44,22-23)40-36(43)31-21-47-24(2)38-31/h6,9-10,12-13,15,17-18,21,23,28,30,33H,4-5,7-8,11,14,16,19-20,22H2,1-3H3,(H,39,40,42,43,44)/b9-6+/t23-,28-,30+,33-,48-/m0/s1. The van der Waals surface area contributed by atoms with Crippen LogP contribution in [0.2, 0.25) is 5.02 Å². The number of thiazole rings is 1. The maximum absolute atomic E-state index is 14.4. The van der Waals surface area contributed by atoms with E-state index in [2.05, 4.69) is 43.3 Å². The first-order valence-electron chi connectivity index (χ1n) is 16.6. The largest absolute Gasteiger partial charge is 0.491 e. The number of benzene rings is 2. The molecule has 3 aromatic rings. The van der Waals surface area contributed by atoms with Crippen molar-refractivity contribution in [1.82, 2.24) is 9.71 Å². The smallest absolute Gasteiger partial charge is 0.286 e. The van der Waals surface area contributed by atoms with Crippen LogP contribution in [0.4, 0.5) is 5.69 Å². The lowest BCUT2D eigenvalue weighted by Gasteiger charge is -2.43. The summed E-state index contributed by atoms with van der Waals surface area (Å²) in [6, 6.07) is 11.4. The number of hydrogen-bond donors (Lipinski definition) is 1. The van der Waals surface area contributed by atoms with Crippen LogP contribution < -0.4 is 14.4 Å². The molecule has 0 radical (unpaired) electrons. The van der Waals surface area contributed by atoms with Crippen LogP contribution in [0.15, 0.2) is 58.3 Å². The highest BCUT2D eigenvalue weighted by molar-refractivity contribution is 7.92. The monoisotopic (exact) mass is 710 g/mol. The second-order valence-corrected chi connectivity index (χ2v) is 16.6. The highest BCUT2D eigenvalue weighted by atomic mass is 35.5. The number of carbonyl (C=O) groups is 2. The highest BCUT2D eigenvalue weighted by Gasteiger charge is 2.38. The van der Waals surface area contributed by atoms with E-state index in [1.54, 1.807) is 31.5 Å². The Morgan fingerprint density at radius 3 is 2.77 bits per heavy atom. The zero-order valence-electron chi connectivity index (χ0n) is 27.7. The van der Waals surface area contributed by atoms with Crippen molar-refractivity contribution in [3.63, 3.8) is 0 Å². The van der Waals surface area contributed by atoms with Gasteiger partial charge in [0.2, 0.25) is 0 Å². The molecule has 0 unspecified atom stereocenters. The number of hydrogen-bond acceptors (Lipinski definition) is 8. The Morgan fingerprint density at radius 2 is 2.02 bits per heavy atom. The third kappa shape index (κ3) is 8.13. The first kappa shape index (κ1) is 34.6. The van der Waals surface area contributed by atoms with Crippen molar-refractivity contribution in [1.29, 1.82) is 0 Å². The summed E-state index contributed by atoms with van der Waals surface area (Å²) in [6.45, 7) is 5.61. The SMILES string of the molecule is CO[C@H]1/C=C/C[C@H](C)C[S@@](=O)(NC(=O)c2csc(C)n2)=NC(=O)c2ccc3c(c2)N(Cc2ccc(Cl)cc2CCCCO3)C[C@@H]2CC[C@H]21. The normalized spacial score (nSPS) is 27.2. The zero-order chi connectivity index (χ0) is 33.8. The first-order chi connectivity index (χ1) is 23.1. The summed E-state index contributed by atoms with van der Waals surface area (Å²) in [5.41, 5.74) is 3.60. The van der Waals surface area contributed by atoms with Gasteiger partial charge in [-0.1, -0.05) is 36.7 Å². The van der Waals surface area contributed by atoms with Gasteiger partial charge in [-0.15, -0.1) is 15.7 Å². The van der Waals surface area contributed by atoms with Crippen LogP contribution in [0.25, 0.3) is 0 Å². The van der Waals surface area contributed by atoms with E-state index >= 15 is 0 Å². The fourth-order valence-corrected chi connectivity index (χ4v) is 9.51. The minimum atomic E-state index is -3.52. The van der Waals surface area contributed by atoms with E-state index in [1.807, 2.05) is 19.1 Å². The summed E-state index contributed by atoms with van der Waals surface area (Å²) in [5, 5.41) is 3.03. The Kier molecular flexibility index (Phi) is 10.9. The number of fused-ring (bicyclic) bond motifs is 3. The van der Waals surface area contributed by atoms with Crippen molar-refractivity contribution in [3.05, 3.63) is 86.3 Å². The molecule has 1 aliphatic carbocycles. The minimum absolute atomic E-state index is 0.00115. The van der Waals surface area contributed by atoms with Gasteiger partial charge in [0, 0.05) is 36.2 Å². The maximum Gasteiger partial charge on any atom is 0.286 e. The van der Waals surface area contributed by atoms with Crippen LogP contribution in [0.1, 0.15) is 76.0 Å². The predicted octanol–water partition coefficient (Wildman–Crippen LogP) is 7.42. The molecule has 9 nitrogen and oxygen atoms in total. The Balaban J connectivity index is 1.45. The van der Waals surface area contributed by atoms with Gasteiger partial charge in [0.25, 0.3) is 11.8 Å². The van der Waals surface area contributed by atoms with E-state index in [0.29, 0.717) is 47.2 Å². The number of anilines is 1. The molecule has 1 fully saturated rings. The van der Waals surface area contributed by atoms with Gasteiger partial charge in [0.1, 0.15) is 21.4 Å². The summed E-state index contributed by atoms with van der Waals surface area (Å²) >= 11 is 7.77. The number of halogens is 1. The average molecular weight is 711 g/mol. The van der Waals surface area contributed by atoms with Crippen LogP contribution in [0, 0.1) is 24.7 Å². The molecule has 0 spiro atoms. The van der Waals surface area contributed by atoms with E-state index in [1.165, 1.54) is 22.5 Å².